The fourth-order valence-corrected chi connectivity index (χ4v) is 3.31. The maximum Gasteiger partial charge on any atom is 0.248 e. The van der Waals surface area contributed by atoms with Crippen molar-refractivity contribution in [2.75, 3.05) is 40.1 Å². The van der Waals surface area contributed by atoms with E-state index in [4.69, 9.17) is 4.74 Å². The minimum absolute atomic E-state index is 0.0183. The summed E-state index contributed by atoms with van der Waals surface area (Å²) in [6.45, 7) is 0.872. The number of aromatic nitrogens is 2. The van der Waals surface area contributed by atoms with Crippen LogP contribution >= 0.6 is 0 Å². The second-order valence-electron chi connectivity index (χ2n) is 5.74. The number of nitrogens with zero attached hydrogens (tertiary/aromatic N) is 4. The quantitative estimate of drug-likeness (QED) is 0.719. The molecule has 9 heteroatoms. The van der Waals surface area contributed by atoms with E-state index < -0.39 is 10.0 Å². The summed E-state index contributed by atoms with van der Waals surface area (Å²) >= 11 is 0. The molecule has 2 rings (SSSR count). The Balaban J connectivity index is 2.11. The second kappa shape index (κ2) is 6.35. The Morgan fingerprint density at radius 1 is 1.50 bits per heavy atom. The van der Waals surface area contributed by atoms with Gasteiger partial charge in [-0.25, -0.2) is 13.4 Å². The maximum absolute atomic E-state index is 11.8. The highest BCUT2D eigenvalue weighted by atomic mass is 32.2. The minimum atomic E-state index is -3.29. The van der Waals surface area contributed by atoms with Crippen LogP contribution in [-0.2, 0) is 33.1 Å². The molecule has 0 N–H and O–H groups in total. The lowest BCUT2D eigenvalue weighted by molar-refractivity contribution is -0.133. The Bertz CT molecular complexity index is 653. The van der Waals surface area contributed by atoms with Crippen molar-refractivity contribution in [3.05, 3.63) is 17.7 Å². The van der Waals surface area contributed by atoms with Crippen LogP contribution in [-0.4, -0.2) is 73.2 Å². The van der Waals surface area contributed by atoms with Crippen LogP contribution in [0.2, 0.25) is 0 Å². The van der Waals surface area contributed by atoms with E-state index in [1.54, 1.807) is 20.4 Å². The van der Waals surface area contributed by atoms with Crippen molar-refractivity contribution in [3.8, 4) is 0 Å². The molecule has 0 aliphatic carbocycles. The highest BCUT2D eigenvalue weighted by molar-refractivity contribution is 7.88. The third kappa shape index (κ3) is 3.65. The summed E-state index contributed by atoms with van der Waals surface area (Å²) in [6, 6.07) is 0. The van der Waals surface area contributed by atoms with E-state index in [1.807, 2.05) is 11.6 Å². The SMILES string of the molecule is CN(C)C(=O)COCC1CN(S(C)(=O)=O)Cc2ncn(C)c21. The molecule has 1 amide bonds. The number of rotatable bonds is 5. The molecule has 0 spiro atoms. The van der Waals surface area contributed by atoms with Crippen molar-refractivity contribution in [1.82, 2.24) is 18.8 Å². The number of hydrogen-bond acceptors (Lipinski definition) is 5. The van der Waals surface area contributed by atoms with Gasteiger partial charge < -0.3 is 14.2 Å². The van der Waals surface area contributed by atoms with Gasteiger partial charge in [0.2, 0.25) is 15.9 Å². The number of ether oxygens (including phenoxy) is 1. The number of carbonyl (C=O) groups excluding carboxylic acids is 1. The molecule has 1 aromatic heterocycles. The Labute approximate surface area is 130 Å². The number of amides is 1. The van der Waals surface area contributed by atoms with Gasteiger partial charge in [-0.15, -0.1) is 0 Å². The van der Waals surface area contributed by atoms with Crippen molar-refractivity contribution in [3.63, 3.8) is 0 Å². The summed E-state index contributed by atoms with van der Waals surface area (Å²) in [6.07, 6.45) is 2.86. The van der Waals surface area contributed by atoms with Crippen LogP contribution in [0.25, 0.3) is 0 Å². The first-order valence-corrected chi connectivity index (χ1v) is 8.78. The number of carbonyl (C=O) groups is 1. The van der Waals surface area contributed by atoms with E-state index in [2.05, 4.69) is 4.98 Å². The van der Waals surface area contributed by atoms with Gasteiger partial charge in [0, 0.05) is 39.3 Å². The monoisotopic (exact) mass is 330 g/mol. The van der Waals surface area contributed by atoms with E-state index in [0.29, 0.717) is 6.54 Å². The third-order valence-corrected chi connectivity index (χ3v) is 4.93. The molecule has 0 bridgehead atoms. The molecule has 0 saturated carbocycles. The van der Waals surface area contributed by atoms with E-state index in [9.17, 15) is 13.2 Å². The fourth-order valence-electron chi connectivity index (χ4n) is 2.50. The van der Waals surface area contributed by atoms with Gasteiger partial charge in [0.1, 0.15) is 6.61 Å². The van der Waals surface area contributed by atoms with Crippen LogP contribution < -0.4 is 0 Å². The highest BCUT2D eigenvalue weighted by Crippen LogP contribution is 2.28. The predicted molar refractivity (Wildman–Crippen MR) is 80.7 cm³/mol. The van der Waals surface area contributed by atoms with Gasteiger partial charge >= 0.3 is 0 Å². The largest absolute Gasteiger partial charge is 0.371 e. The van der Waals surface area contributed by atoms with Crippen LogP contribution in [0.15, 0.2) is 6.33 Å². The molecule has 124 valence electrons. The van der Waals surface area contributed by atoms with Crippen LogP contribution in [0.3, 0.4) is 0 Å². The average Bonchev–Trinajstić information content (AvgIpc) is 2.79. The Morgan fingerprint density at radius 2 is 2.18 bits per heavy atom. The summed E-state index contributed by atoms with van der Waals surface area (Å²) in [5.41, 5.74) is 1.71. The summed E-state index contributed by atoms with van der Waals surface area (Å²) in [4.78, 5) is 17.3. The summed E-state index contributed by atoms with van der Waals surface area (Å²) in [5.74, 6) is -0.262. The predicted octanol–water partition coefficient (Wildman–Crippen LogP) is -0.616. The van der Waals surface area contributed by atoms with Crippen molar-refractivity contribution in [1.29, 1.82) is 0 Å². The summed E-state index contributed by atoms with van der Waals surface area (Å²) in [7, 11) is 1.91. The molecule has 1 atom stereocenters. The first kappa shape index (κ1) is 16.9. The lowest BCUT2D eigenvalue weighted by Crippen LogP contribution is -2.40. The number of fused-ring (bicyclic) bond motifs is 1. The molecular formula is C13H22N4O4S. The molecule has 0 radical (unpaired) electrons. The Morgan fingerprint density at radius 3 is 2.77 bits per heavy atom. The van der Waals surface area contributed by atoms with Gasteiger partial charge in [-0.1, -0.05) is 0 Å². The zero-order chi connectivity index (χ0) is 16.5. The standard InChI is InChI=1S/C13H22N4O4S/c1-15(2)12(18)8-21-7-10-5-17(22(4,19)20)6-11-13(10)16(3)9-14-11/h9-10H,5-8H2,1-4H3. The fraction of sp³-hybridized carbons (Fsp3) is 0.692. The van der Waals surface area contributed by atoms with Crippen LogP contribution in [0.4, 0.5) is 0 Å². The molecule has 0 fully saturated rings. The maximum atomic E-state index is 11.8. The third-order valence-electron chi connectivity index (χ3n) is 3.71. The summed E-state index contributed by atoms with van der Waals surface area (Å²) < 4.78 is 32.4. The lowest BCUT2D eigenvalue weighted by atomic mass is 10.0. The van der Waals surface area contributed by atoms with Gasteiger partial charge in [-0.2, -0.15) is 4.31 Å². The molecule has 0 saturated heterocycles. The van der Waals surface area contributed by atoms with Gasteiger partial charge in [0.05, 0.1) is 31.4 Å². The first-order chi connectivity index (χ1) is 10.2. The zero-order valence-corrected chi connectivity index (χ0v) is 14.1. The van der Waals surface area contributed by atoms with Gasteiger partial charge in [0.25, 0.3) is 0 Å². The zero-order valence-electron chi connectivity index (χ0n) is 13.3. The van der Waals surface area contributed by atoms with Crippen LogP contribution in [0.1, 0.15) is 17.3 Å². The molecule has 1 aliphatic heterocycles. The minimum Gasteiger partial charge on any atom is -0.371 e. The van der Waals surface area contributed by atoms with Crippen molar-refractivity contribution in [2.24, 2.45) is 7.05 Å². The number of aryl methyl sites for hydroxylation is 1. The molecular weight excluding hydrogens is 308 g/mol. The topological polar surface area (TPSA) is 84.7 Å². The van der Waals surface area contributed by atoms with Gasteiger partial charge in [-0.3, -0.25) is 4.79 Å². The number of sulfonamides is 1. The van der Waals surface area contributed by atoms with Crippen molar-refractivity contribution >= 4 is 15.9 Å². The molecule has 0 aromatic carbocycles. The lowest BCUT2D eigenvalue weighted by Gasteiger charge is -2.31. The van der Waals surface area contributed by atoms with E-state index >= 15 is 0 Å². The Kier molecular flexibility index (Phi) is 4.88. The van der Waals surface area contributed by atoms with E-state index in [0.717, 1.165) is 11.4 Å². The second-order valence-corrected chi connectivity index (χ2v) is 7.73. The number of hydrogen-bond donors (Lipinski definition) is 0. The highest BCUT2D eigenvalue weighted by Gasteiger charge is 2.33. The van der Waals surface area contributed by atoms with Crippen LogP contribution in [0, 0.1) is 0 Å². The van der Waals surface area contributed by atoms with Crippen LogP contribution in [0.5, 0.6) is 0 Å². The molecule has 1 aliphatic rings. The molecule has 1 aromatic rings. The normalized spacial score (nSPS) is 19.0. The average molecular weight is 330 g/mol. The smallest absolute Gasteiger partial charge is 0.248 e. The number of likely N-dealkylation sites (N-methyl/N-ethyl adjacent to an activating group) is 1. The van der Waals surface area contributed by atoms with Gasteiger partial charge in [0.15, 0.2) is 0 Å². The van der Waals surface area contributed by atoms with Gasteiger partial charge in [-0.05, 0) is 0 Å². The molecule has 8 nitrogen and oxygen atoms in total. The molecule has 22 heavy (non-hydrogen) atoms. The Hall–Kier alpha value is -1.45. The first-order valence-electron chi connectivity index (χ1n) is 6.93. The molecule has 1 unspecified atom stereocenters. The van der Waals surface area contributed by atoms with E-state index in [1.165, 1.54) is 15.5 Å². The van der Waals surface area contributed by atoms with E-state index in [-0.39, 0.29) is 31.6 Å². The summed E-state index contributed by atoms with van der Waals surface area (Å²) in [5, 5.41) is 0. The number of imidazole rings is 1. The molecule has 2 heterocycles. The van der Waals surface area contributed by atoms with Crippen molar-refractivity contribution in [2.45, 2.75) is 12.5 Å². The van der Waals surface area contributed by atoms with Crippen molar-refractivity contribution < 1.29 is 17.9 Å².